The molecule has 0 saturated heterocycles. The van der Waals surface area contributed by atoms with Gasteiger partial charge in [-0.3, -0.25) is 4.79 Å². The van der Waals surface area contributed by atoms with Crippen LogP contribution >= 0.6 is 11.6 Å². The fourth-order valence-electron chi connectivity index (χ4n) is 3.58. The molecule has 0 atom stereocenters. The highest BCUT2D eigenvalue weighted by Gasteiger charge is 2.12. The molecular weight excluding hydrogens is 535 g/mol. The first-order valence-corrected chi connectivity index (χ1v) is 12.1. The molecule has 32 heavy (non-hydrogen) atoms. The number of carbonyl (C=O) groups excluding carboxylic acids is 1. The van der Waals surface area contributed by atoms with E-state index in [9.17, 15) is 4.79 Å². The van der Waals surface area contributed by atoms with E-state index in [0.29, 0.717) is 29.5 Å². The second kappa shape index (κ2) is 17.2. The maximum atomic E-state index is 12.5. The van der Waals surface area contributed by atoms with Crippen molar-refractivity contribution in [3.63, 3.8) is 0 Å². The molecule has 0 saturated carbocycles. The second-order valence-electron chi connectivity index (χ2n) is 8.23. The minimum absolute atomic E-state index is 0. The summed E-state index contributed by atoms with van der Waals surface area (Å²) < 4.78 is 7.77. The number of ether oxygens (including phenoxy) is 1. The van der Waals surface area contributed by atoms with Crippen LogP contribution in [-0.4, -0.2) is 12.5 Å². The van der Waals surface area contributed by atoms with Crippen molar-refractivity contribution in [1.82, 2.24) is 5.32 Å². The highest BCUT2D eigenvalue weighted by Crippen LogP contribution is 2.23. The minimum Gasteiger partial charge on any atom is -1.00 e. The van der Waals surface area contributed by atoms with Crippen LogP contribution in [0.1, 0.15) is 87.1 Å². The largest absolute Gasteiger partial charge is 1.00 e. The van der Waals surface area contributed by atoms with Gasteiger partial charge >= 0.3 is 0 Å². The molecule has 0 fully saturated rings. The summed E-state index contributed by atoms with van der Waals surface area (Å²) in [6.07, 6.45) is 17.0. The summed E-state index contributed by atoms with van der Waals surface area (Å²) in [4.78, 5) is 12.5. The Hall–Kier alpha value is -1.34. The van der Waals surface area contributed by atoms with Crippen LogP contribution in [0.4, 0.5) is 0 Å². The molecule has 0 aliphatic rings. The van der Waals surface area contributed by atoms with Gasteiger partial charge in [0.2, 0.25) is 0 Å². The Balaban J connectivity index is 0.00000512. The third-order valence-electron chi connectivity index (χ3n) is 5.41. The molecule has 4 nitrogen and oxygen atoms in total. The van der Waals surface area contributed by atoms with Gasteiger partial charge in [-0.15, -0.1) is 0 Å². The van der Waals surface area contributed by atoms with Crippen molar-refractivity contribution in [3.8, 4) is 5.75 Å². The average Bonchev–Trinajstić information content (AvgIpc) is 2.76. The maximum Gasteiger partial charge on any atom is 0.253 e. The summed E-state index contributed by atoms with van der Waals surface area (Å²) in [6, 6.07) is 9.22. The van der Waals surface area contributed by atoms with Crippen LogP contribution in [0, 0.1) is 0 Å². The first-order valence-electron chi connectivity index (χ1n) is 11.7. The smallest absolute Gasteiger partial charge is 0.253 e. The Morgan fingerprint density at radius 2 is 1.66 bits per heavy atom. The number of aromatic nitrogens is 1. The standard InChI is InChI=1S/C26H37ClN2O2.HI/c1-3-4-5-6-7-8-9-10-11-12-18-31-23-15-16-24(25(27)19-23)26(30)28-20-22-14-13-17-29(2)21-22;/h13-17,19,21H,3-12,18,20H2,1-2H3;1H. The number of halogens is 2. The molecule has 6 heteroatoms. The highest BCUT2D eigenvalue weighted by molar-refractivity contribution is 6.34. The van der Waals surface area contributed by atoms with Gasteiger partial charge in [-0.25, -0.2) is 4.57 Å². The Bertz CT molecular complexity index is 801. The third-order valence-corrected chi connectivity index (χ3v) is 5.72. The normalized spacial score (nSPS) is 10.5. The van der Waals surface area contributed by atoms with Crippen LogP contribution in [0.5, 0.6) is 5.75 Å². The van der Waals surface area contributed by atoms with E-state index in [2.05, 4.69) is 12.2 Å². The topological polar surface area (TPSA) is 42.2 Å². The van der Waals surface area contributed by atoms with Crippen molar-refractivity contribution in [1.29, 1.82) is 0 Å². The molecule has 0 unspecified atom stereocenters. The number of pyridine rings is 1. The molecular formula is C26H38ClIN2O2. The van der Waals surface area contributed by atoms with Crippen LogP contribution in [0.2, 0.25) is 5.02 Å². The number of amides is 1. The van der Waals surface area contributed by atoms with Crippen LogP contribution in [0.3, 0.4) is 0 Å². The van der Waals surface area contributed by atoms with Gasteiger partial charge in [-0.2, -0.15) is 0 Å². The van der Waals surface area contributed by atoms with Crippen molar-refractivity contribution < 1.29 is 38.1 Å². The zero-order valence-corrected chi connectivity index (χ0v) is 22.5. The van der Waals surface area contributed by atoms with Crippen molar-refractivity contribution in [2.24, 2.45) is 7.05 Å². The lowest BCUT2D eigenvalue weighted by atomic mass is 10.1. The lowest BCUT2D eigenvalue weighted by Gasteiger charge is -2.10. The molecule has 0 aliphatic heterocycles. The number of benzene rings is 1. The first kappa shape index (κ1) is 28.7. The summed E-state index contributed by atoms with van der Waals surface area (Å²) in [5.41, 5.74) is 1.50. The van der Waals surface area contributed by atoms with Gasteiger partial charge in [0.15, 0.2) is 12.4 Å². The second-order valence-corrected chi connectivity index (χ2v) is 8.64. The van der Waals surface area contributed by atoms with Crippen molar-refractivity contribution in [2.45, 2.75) is 77.7 Å². The number of unbranched alkanes of at least 4 members (excludes halogenated alkanes) is 9. The van der Waals surface area contributed by atoms with Gasteiger partial charge in [-0.1, -0.05) is 76.3 Å². The number of nitrogens with zero attached hydrogens (tertiary/aromatic N) is 1. The van der Waals surface area contributed by atoms with E-state index in [1.165, 1.54) is 57.8 Å². The number of hydrogen-bond donors (Lipinski definition) is 1. The van der Waals surface area contributed by atoms with Crippen molar-refractivity contribution >= 4 is 17.5 Å². The van der Waals surface area contributed by atoms with Crippen LogP contribution < -0.4 is 38.6 Å². The van der Waals surface area contributed by atoms with E-state index < -0.39 is 0 Å². The molecule has 0 bridgehead atoms. The molecule has 1 amide bonds. The van der Waals surface area contributed by atoms with Gasteiger partial charge in [0.25, 0.3) is 5.91 Å². The number of nitrogens with one attached hydrogen (secondary N) is 1. The highest BCUT2D eigenvalue weighted by atomic mass is 127. The van der Waals surface area contributed by atoms with Gasteiger partial charge in [0, 0.05) is 18.2 Å². The van der Waals surface area contributed by atoms with E-state index in [-0.39, 0.29) is 29.9 Å². The molecule has 1 N–H and O–H groups in total. The molecule has 1 aromatic heterocycles. The molecule has 178 valence electrons. The van der Waals surface area contributed by atoms with E-state index >= 15 is 0 Å². The van der Waals surface area contributed by atoms with Crippen molar-refractivity contribution in [2.75, 3.05) is 6.61 Å². The number of aryl methyl sites for hydroxylation is 1. The van der Waals surface area contributed by atoms with E-state index in [1.54, 1.807) is 12.1 Å². The number of hydrogen-bond acceptors (Lipinski definition) is 2. The summed E-state index contributed by atoms with van der Waals surface area (Å²) in [5.74, 6) is 0.533. The zero-order chi connectivity index (χ0) is 22.3. The van der Waals surface area contributed by atoms with Crippen LogP contribution in [0.15, 0.2) is 42.7 Å². The Morgan fingerprint density at radius 3 is 2.28 bits per heavy atom. The van der Waals surface area contributed by atoms with Crippen molar-refractivity contribution in [3.05, 3.63) is 58.9 Å². The molecule has 1 aromatic carbocycles. The quantitative estimate of drug-likeness (QED) is 0.202. The molecule has 0 spiro atoms. The van der Waals surface area contributed by atoms with Crippen LogP contribution in [-0.2, 0) is 13.6 Å². The van der Waals surface area contributed by atoms with Gasteiger partial charge in [-0.05, 0) is 30.7 Å². The SMILES string of the molecule is CCCCCCCCCCCCOc1ccc(C(=O)NCc2ccc[n+](C)c2)c(Cl)c1.[I-]. The maximum absolute atomic E-state index is 12.5. The van der Waals surface area contributed by atoms with E-state index in [1.807, 2.05) is 42.2 Å². The summed E-state index contributed by atoms with van der Waals surface area (Å²) in [5, 5.41) is 3.33. The molecule has 2 aromatic rings. The lowest BCUT2D eigenvalue weighted by Crippen LogP contribution is -3.00. The van der Waals surface area contributed by atoms with E-state index in [0.717, 1.165) is 12.0 Å². The molecule has 0 radical (unpaired) electrons. The fourth-order valence-corrected chi connectivity index (χ4v) is 3.84. The summed E-state index contributed by atoms with van der Waals surface area (Å²) in [6.45, 7) is 3.40. The minimum atomic E-state index is -0.183. The number of rotatable bonds is 15. The fraction of sp³-hybridized carbons (Fsp3) is 0.538. The van der Waals surface area contributed by atoms with Gasteiger partial charge in [0.05, 0.1) is 17.2 Å². The Morgan fingerprint density at radius 1 is 1.00 bits per heavy atom. The monoisotopic (exact) mass is 572 g/mol. The molecule has 0 aliphatic carbocycles. The van der Waals surface area contributed by atoms with Gasteiger partial charge < -0.3 is 34.0 Å². The van der Waals surface area contributed by atoms with Crippen LogP contribution in [0.25, 0.3) is 0 Å². The third kappa shape index (κ3) is 11.5. The summed E-state index contributed by atoms with van der Waals surface area (Å²) in [7, 11) is 1.95. The summed E-state index contributed by atoms with van der Waals surface area (Å²) >= 11 is 6.33. The number of carbonyl (C=O) groups is 1. The predicted molar refractivity (Wildman–Crippen MR) is 128 cm³/mol. The molecule has 2 rings (SSSR count). The van der Waals surface area contributed by atoms with Gasteiger partial charge in [0.1, 0.15) is 12.8 Å². The Labute approximate surface area is 216 Å². The zero-order valence-electron chi connectivity index (χ0n) is 19.5. The average molecular weight is 573 g/mol. The Kier molecular flexibility index (Phi) is 15.4. The lowest BCUT2D eigenvalue weighted by molar-refractivity contribution is -0.671. The molecule has 1 heterocycles. The van der Waals surface area contributed by atoms with E-state index in [4.69, 9.17) is 16.3 Å². The predicted octanol–water partition coefficient (Wildman–Crippen LogP) is 3.40. The first-order chi connectivity index (χ1) is 15.1.